The maximum Gasteiger partial charge on any atom is 0.338 e. The fourth-order valence-corrected chi connectivity index (χ4v) is 6.88. The van der Waals surface area contributed by atoms with Crippen molar-refractivity contribution >= 4 is 81.0 Å². The molecule has 1 unspecified atom stereocenters. The number of amides is 2. The minimum atomic E-state index is -1.16. The summed E-state index contributed by atoms with van der Waals surface area (Å²) in [6.45, 7) is 3.43. The largest absolute Gasteiger partial charge is 0.492 e. The van der Waals surface area contributed by atoms with Crippen molar-refractivity contribution in [3.63, 3.8) is 0 Å². The molecule has 15 heteroatoms. The summed E-state index contributed by atoms with van der Waals surface area (Å²) in [6, 6.07) is 16.9. The summed E-state index contributed by atoms with van der Waals surface area (Å²) in [5.41, 5.74) is 2.91. The zero-order valence-electron chi connectivity index (χ0n) is 26.8. The number of carbonyl (C=O) groups is 3. The van der Waals surface area contributed by atoms with Gasteiger partial charge in [0.25, 0.3) is 5.91 Å². The predicted octanol–water partition coefficient (Wildman–Crippen LogP) is 5.11. The number of aliphatic hydroxyl groups excluding tert-OH is 2. The molecule has 264 valence electrons. The number of thiocarbonyl (C=S) groups is 1. The van der Waals surface area contributed by atoms with Gasteiger partial charge in [-0.1, -0.05) is 59.3 Å². The molecule has 3 aromatic rings. The molecule has 0 saturated carbocycles. The average Bonchev–Trinajstić information content (AvgIpc) is 3.38. The maximum absolute atomic E-state index is 13.5. The van der Waals surface area contributed by atoms with Crippen molar-refractivity contribution in [3.8, 4) is 16.9 Å². The molecule has 1 atom stereocenters. The van der Waals surface area contributed by atoms with Crippen LogP contribution in [-0.4, -0.2) is 107 Å². The van der Waals surface area contributed by atoms with Crippen molar-refractivity contribution in [2.75, 3.05) is 64.5 Å². The van der Waals surface area contributed by atoms with Crippen LogP contribution in [0.4, 0.5) is 5.69 Å². The van der Waals surface area contributed by atoms with E-state index in [1.54, 1.807) is 18.2 Å². The van der Waals surface area contributed by atoms with E-state index in [0.29, 0.717) is 56.1 Å². The Bertz CT molecular complexity index is 1750. The monoisotopic (exact) mass is 759 g/mol. The Morgan fingerprint density at radius 2 is 1.82 bits per heavy atom. The number of hydrogen-bond donors (Lipinski definition) is 3. The molecular formula is C35H35Cl2N3O8S2. The highest BCUT2D eigenvalue weighted by atomic mass is 35.5. The van der Waals surface area contributed by atoms with Crippen LogP contribution in [0.1, 0.15) is 22.3 Å². The normalized spacial score (nSPS) is 16.5. The van der Waals surface area contributed by atoms with E-state index in [0.717, 1.165) is 42.5 Å². The minimum absolute atomic E-state index is 0.0248. The summed E-state index contributed by atoms with van der Waals surface area (Å²) in [4.78, 5) is 42.5. The van der Waals surface area contributed by atoms with Gasteiger partial charge in [-0.2, -0.15) is 0 Å². The first-order chi connectivity index (χ1) is 24.1. The first-order valence-electron chi connectivity index (χ1n) is 15.7. The molecule has 2 heterocycles. The van der Waals surface area contributed by atoms with Crippen LogP contribution in [0.3, 0.4) is 0 Å². The lowest BCUT2D eigenvalue weighted by atomic mass is 10.0. The average molecular weight is 761 g/mol. The third kappa shape index (κ3) is 10.3. The number of esters is 1. The van der Waals surface area contributed by atoms with E-state index in [1.807, 2.05) is 24.3 Å². The number of anilines is 1. The molecule has 0 aromatic heterocycles. The van der Waals surface area contributed by atoms with E-state index >= 15 is 0 Å². The maximum atomic E-state index is 13.5. The fourth-order valence-electron chi connectivity index (χ4n) is 5.06. The zero-order valence-corrected chi connectivity index (χ0v) is 30.0. The second kappa shape index (κ2) is 18.1. The first kappa shape index (κ1) is 37.7. The minimum Gasteiger partial charge on any atom is -0.492 e. The van der Waals surface area contributed by atoms with E-state index in [9.17, 15) is 19.5 Å². The van der Waals surface area contributed by atoms with Gasteiger partial charge < -0.3 is 29.7 Å². The van der Waals surface area contributed by atoms with Crippen molar-refractivity contribution in [2.24, 2.45) is 0 Å². The molecule has 0 bridgehead atoms. The van der Waals surface area contributed by atoms with E-state index in [-0.39, 0.29) is 37.0 Å². The van der Waals surface area contributed by atoms with Crippen LogP contribution in [0, 0.1) is 0 Å². The van der Waals surface area contributed by atoms with Crippen molar-refractivity contribution in [1.82, 2.24) is 9.80 Å². The number of benzene rings is 3. The standard InChI is InChI=1S/C35H35Cl2N3O8S2/c36-25-4-7-28(29(37)19-25)23-3-8-30(47-16-13-39-11-14-46-15-12-39)24(17-23)18-31-33(44)40(35(49)50-31)10-9-32(43)38-26-5-1-22(2-6-26)34(45)48-21-27(42)20-41/h1-8,17-19,27,41-42H,9-16,20-21H2,(H,38,43). The molecule has 5 rings (SSSR count). The molecule has 2 aliphatic heterocycles. The van der Waals surface area contributed by atoms with Gasteiger partial charge in [0.2, 0.25) is 5.91 Å². The lowest BCUT2D eigenvalue weighted by Crippen LogP contribution is -2.38. The fraction of sp³-hybridized carbons (Fsp3) is 0.314. The second-order valence-electron chi connectivity index (χ2n) is 11.3. The van der Waals surface area contributed by atoms with Crippen LogP contribution < -0.4 is 10.1 Å². The predicted molar refractivity (Wildman–Crippen MR) is 198 cm³/mol. The first-order valence-corrected chi connectivity index (χ1v) is 17.7. The number of carbonyl (C=O) groups excluding carboxylic acids is 3. The third-order valence-corrected chi connectivity index (χ3v) is 9.69. The molecule has 2 saturated heterocycles. The molecule has 3 N–H and O–H groups in total. The molecule has 2 amide bonds. The highest BCUT2D eigenvalue weighted by Gasteiger charge is 2.32. The van der Waals surface area contributed by atoms with Crippen LogP contribution in [0.15, 0.2) is 65.6 Å². The SMILES string of the molecule is O=C(CCN1C(=O)C(=Cc2cc(-c3ccc(Cl)cc3Cl)ccc2OCCN2CCOCC2)SC1=S)Nc1ccc(C(=O)OCC(O)CO)cc1. The zero-order chi connectivity index (χ0) is 35.6. The Hall–Kier alpha value is -3.53. The summed E-state index contributed by atoms with van der Waals surface area (Å²) in [6.07, 6.45) is 0.558. The van der Waals surface area contributed by atoms with Gasteiger partial charge in [0.1, 0.15) is 29.4 Å². The van der Waals surface area contributed by atoms with E-state index in [1.165, 1.54) is 29.2 Å². The molecule has 0 radical (unpaired) electrons. The van der Waals surface area contributed by atoms with Gasteiger partial charge in [-0.3, -0.25) is 19.4 Å². The quantitative estimate of drug-likeness (QED) is 0.115. The highest BCUT2D eigenvalue weighted by molar-refractivity contribution is 8.26. The van der Waals surface area contributed by atoms with Gasteiger partial charge in [0.05, 0.1) is 30.3 Å². The number of nitrogens with zero attached hydrogens (tertiary/aromatic N) is 2. The van der Waals surface area contributed by atoms with Crippen molar-refractivity contribution in [1.29, 1.82) is 0 Å². The second-order valence-corrected chi connectivity index (χ2v) is 13.8. The Morgan fingerprint density at radius 3 is 2.54 bits per heavy atom. The summed E-state index contributed by atoms with van der Waals surface area (Å²) in [7, 11) is 0. The number of aliphatic hydroxyl groups is 2. The van der Waals surface area contributed by atoms with Crippen LogP contribution in [0.25, 0.3) is 17.2 Å². The molecule has 50 heavy (non-hydrogen) atoms. The van der Waals surface area contributed by atoms with Gasteiger partial charge in [0.15, 0.2) is 0 Å². The lowest BCUT2D eigenvalue weighted by molar-refractivity contribution is -0.122. The van der Waals surface area contributed by atoms with Crippen LogP contribution >= 0.6 is 47.2 Å². The van der Waals surface area contributed by atoms with E-state index in [4.69, 9.17) is 54.7 Å². The van der Waals surface area contributed by atoms with Gasteiger partial charge >= 0.3 is 5.97 Å². The molecule has 3 aromatic carbocycles. The Morgan fingerprint density at radius 1 is 1.06 bits per heavy atom. The molecule has 2 fully saturated rings. The lowest BCUT2D eigenvalue weighted by Gasteiger charge is -2.26. The topological polar surface area (TPSA) is 138 Å². The number of rotatable bonds is 14. The third-order valence-electron chi connectivity index (χ3n) is 7.77. The summed E-state index contributed by atoms with van der Waals surface area (Å²) >= 11 is 19.3. The van der Waals surface area contributed by atoms with Crippen molar-refractivity contribution < 1.29 is 38.8 Å². The highest BCUT2D eigenvalue weighted by Crippen LogP contribution is 2.37. The van der Waals surface area contributed by atoms with Crippen LogP contribution in [-0.2, 0) is 19.1 Å². The number of hydrogen-bond acceptors (Lipinski definition) is 11. The smallest absolute Gasteiger partial charge is 0.338 e. The number of nitrogens with one attached hydrogen (secondary N) is 1. The van der Waals surface area contributed by atoms with Gasteiger partial charge in [-0.25, -0.2) is 4.79 Å². The van der Waals surface area contributed by atoms with Crippen molar-refractivity contribution in [3.05, 3.63) is 86.7 Å². The molecular weight excluding hydrogens is 725 g/mol. The molecule has 0 aliphatic carbocycles. The van der Waals surface area contributed by atoms with E-state index in [2.05, 4.69) is 10.2 Å². The number of halogens is 2. The van der Waals surface area contributed by atoms with E-state index < -0.39 is 18.7 Å². The number of thioether (sulfide) groups is 1. The summed E-state index contributed by atoms with van der Waals surface area (Å²) < 4.78 is 16.9. The Kier molecular flexibility index (Phi) is 13.7. The Balaban J connectivity index is 1.24. The van der Waals surface area contributed by atoms with Crippen LogP contribution in [0.5, 0.6) is 5.75 Å². The van der Waals surface area contributed by atoms with Crippen LogP contribution in [0.2, 0.25) is 10.0 Å². The molecule has 0 spiro atoms. The summed E-state index contributed by atoms with van der Waals surface area (Å²) in [5.74, 6) is -0.757. The van der Waals surface area contributed by atoms with Gasteiger partial charge in [-0.15, -0.1) is 0 Å². The van der Waals surface area contributed by atoms with Gasteiger partial charge in [0, 0.05) is 59.5 Å². The number of ether oxygens (including phenoxy) is 3. The number of morpholine rings is 1. The van der Waals surface area contributed by atoms with Crippen molar-refractivity contribution in [2.45, 2.75) is 12.5 Å². The Labute approximate surface area is 309 Å². The van der Waals surface area contributed by atoms with Gasteiger partial charge in [-0.05, 0) is 60.2 Å². The molecule has 2 aliphatic rings. The molecule has 11 nitrogen and oxygen atoms in total. The summed E-state index contributed by atoms with van der Waals surface area (Å²) in [5, 5.41) is 22.0.